The molecule has 1 heterocycles. The van der Waals surface area contributed by atoms with Gasteiger partial charge < -0.3 is 0 Å². The highest BCUT2D eigenvalue weighted by molar-refractivity contribution is 5.49. The van der Waals surface area contributed by atoms with E-state index in [4.69, 9.17) is 5.53 Å². The van der Waals surface area contributed by atoms with Crippen molar-refractivity contribution in [3.63, 3.8) is 0 Å². The van der Waals surface area contributed by atoms with Gasteiger partial charge in [-0.2, -0.15) is 4.39 Å². The zero-order chi connectivity index (χ0) is 10.4. The fourth-order valence-electron chi connectivity index (χ4n) is 0.955. The quantitative estimate of drug-likeness (QED) is 0.314. The summed E-state index contributed by atoms with van der Waals surface area (Å²) < 4.78 is 13.0. The highest BCUT2D eigenvalue weighted by atomic mass is 19.1. The molecule has 0 fully saturated rings. The normalized spacial score (nSPS) is 10.1. The van der Waals surface area contributed by atoms with E-state index >= 15 is 0 Å². The molecule has 14 heavy (non-hydrogen) atoms. The van der Waals surface area contributed by atoms with E-state index in [9.17, 15) is 4.39 Å². The molecule has 0 unspecified atom stereocenters. The third-order valence-electron chi connectivity index (χ3n) is 1.55. The second kappa shape index (κ2) is 4.99. The van der Waals surface area contributed by atoms with Crippen LogP contribution < -0.4 is 0 Å². The maximum atomic E-state index is 13.0. The van der Waals surface area contributed by atoms with Crippen LogP contribution in [0.15, 0.2) is 23.5 Å². The number of aromatic nitrogens is 1. The second-order valence-electron chi connectivity index (χ2n) is 2.71. The third-order valence-corrected chi connectivity index (χ3v) is 1.55. The van der Waals surface area contributed by atoms with E-state index in [0.717, 1.165) is 5.56 Å². The summed E-state index contributed by atoms with van der Waals surface area (Å²) in [6.45, 7) is 2.04. The van der Waals surface area contributed by atoms with Gasteiger partial charge in [-0.1, -0.05) is 17.3 Å². The average molecular weight is 192 g/mol. The maximum absolute atomic E-state index is 13.0. The van der Waals surface area contributed by atoms with Crippen LogP contribution in [-0.4, -0.2) is 11.5 Å². The number of pyridine rings is 1. The number of hydrogen-bond acceptors (Lipinski definition) is 2. The summed E-state index contributed by atoms with van der Waals surface area (Å²) in [6, 6.07) is 1.68. The molecular weight excluding hydrogens is 183 g/mol. The van der Waals surface area contributed by atoms with Gasteiger partial charge >= 0.3 is 0 Å². The second-order valence-corrected chi connectivity index (χ2v) is 2.71. The van der Waals surface area contributed by atoms with Gasteiger partial charge in [0.2, 0.25) is 5.95 Å². The number of nitrogens with zero attached hydrogens (tertiary/aromatic N) is 4. The van der Waals surface area contributed by atoms with Crippen LogP contribution in [0.5, 0.6) is 0 Å². The standard InChI is InChI=1S/C9H9FN4/c1-7-5-8(9(10)12-6-7)3-2-4-13-14-11/h2-3,5-6H,4H2,1H3. The summed E-state index contributed by atoms with van der Waals surface area (Å²) >= 11 is 0. The molecule has 1 aromatic rings. The minimum absolute atomic E-state index is 0.212. The molecule has 0 spiro atoms. The molecule has 0 atom stereocenters. The number of aryl methyl sites for hydroxylation is 1. The molecule has 4 nitrogen and oxygen atoms in total. The predicted octanol–water partition coefficient (Wildman–Crippen LogP) is 2.85. The smallest absolute Gasteiger partial charge is 0.220 e. The maximum Gasteiger partial charge on any atom is 0.220 e. The Morgan fingerprint density at radius 1 is 1.71 bits per heavy atom. The molecule has 1 rings (SSSR count). The van der Waals surface area contributed by atoms with E-state index in [1.807, 2.05) is 6.92 Å². The molecule has 0 saturated heterocycles. The van der Waals surface area contributed by atoms with Crippen molar-refractivity contribution in [2.75, 3.05) is 6.54 Å². The Morgan fingerprint density at radius 2 is 2.50 bits per heavy atom. The van der Waals surface area contributed by atoms with Gasteiger partial charge in [0.1, 0.15) is 0 Å². The summed E-state index contributed by atoms with van der Waals surface area (Å²) in [5, 5.41) is 3.29. The number of rotatable bonds is 3. The molecule has 0 radical (unpaired) electrons. The summed E-state index contributed by atoms with van der Waals surface area (Å²) in [5.74, 6) is -0.521. The molecule has 0 aliphatic rings. The van der Waals surface area contributed by atoms with Gasteiger partial charge in [-0.3, -0.25) is 0 Å². The van der Waals surface area contributed by atoms with Crippen molar-refractivity contribution in [2.45, 2.75) is 6.92 Å². The van der Waals surface area contributed by atoms with Crippen molar-refractivity contribution in [1.82, 2.24) is 4.98 Å². The van der Waals surface area contributed by atoms with E-state index in [2.05, 4.69) is 15.0 Å². The average Bonchev–Trinajstić information content (AvgIpc) is 2.18. The Bertz CT molecular complexity index is 394. The fourth-order valence-corrected chi connectivity index (χ4v) is 0.955. The van der Waals surface area contributed by atoms with Gasteiger partial charge in [0.25, 0.3) is 0 Å². The highest BCUT2D eigenvalue weighted by Gasteiger charge is 1.98. The lowest BCUT2D eigenvalue weighted by Crippen LogP contribution is -1.88. The molecule has 0 aliphatic heterocycles. The Morgan fingerprint density at radius 3 is 3.21 bits per heavy atom. The Hall–Kier alpha value is -1.87. The monoisotopic (exact) mass is 192 g/mol. The number of hydrogen-bond donors (Lipinski definition) is 0. The third kappa shape index (κ3) is 2.88. The topological polar surface area (TPSA) is 61.7 Å². The summed E-state index contributed by atoms with van der Waals surface area (Å²) in [4.78, 5) is 6.13. The molecule has 0 amide bonds. The molecule has 0 N–H and O–H groups in total. The van der Waals surface area contributed by atoms with Crippen LogP contribution in [0.25, 0.3) is 16.5 Å². The van der Waals surface area contributed by atoms with Gasteiger partial charge in [0, 0.05) is 23.2 Å². The summed E-state index contributed by atoms with van der Waals surface area (Å²) in [6.07, 6.45) is 4.59. The van der Waals surface area contributed by atoms with Crippen LogP contribution >= 0.6 is 0 Å². The van der Waals surface area contributed by atoms with Crippen molar-refractivity contribution in [3.8, 4) is 0 Å². The van der Waals surface area contributed by atoms with Gasteiger partial charge in [-0.25, -0.2) is 4.98 Å². The molecule has 5 heteroatoms. The lowest BCUT2D eigenvalue weighted by atomic mass is 10.2. The summed E-state index contributed by atoms with van der Waals surface area (Å²) in [7, 11) is 0. The van der Waals surface area contributed by atoms with Crippen LogP contribution in [0.2, 0.25) is 0 Å². The van der Waals surface area contributed by atoms with Crippen LogP contribution in [0.1, 0.15) is 11.1 Å². The molecule has 1 aromatic heterocycles. The predicted molar refractivity (Wildman–Crippen MR) is 52.0 cm³/mol. The van der Waals surface area contributed by atoms with Crippen molar-refractivity contribution in [3.05, 3.63) is 45.9 Å². The van der Waals surface area contributed by atoms with Crippen LogP contribution in [-0.2, 0) is 0 Å². The zero-order valence-corrected chi connectivity index (χ0v) is 7.68. The van der Waals surface area contributed by atoms with Crippen molar-refractivity contribution >= 4 is 6.08 Å². The van der Waals surface area contributed by atoms with Gasteiger partial charge in [-0.15, -0.1) is 0 Å². The van der Waals surface area contributed by atoms with E-state index in [0.29, 0.717) is 5.56 Å². The van der Waals surface area contributed by atoms with Crippen LogP contribution in [0.4, 0.5) is 4.39 Å². The number of halogens is 1. The van der Waals surface area contributed by atoms with Crippen LogP contribution in [0.3, 0.4) is 0 Å². The van der Waals surface area contributed by atoms with Crippen LogP contribution in [0, 0.1) is 12.9 Å². The fraction of sp³-hybridized carbons (Fsp3) is 0.222. The molecule has 72 valence electrons. The van der Waals surface area contributed by atoms with Crippen molar-refractivity contribution < 1.29 is 4.39 Å². The van der Waals surface area contributed by atoms with E-state index in [1.165, 1.54) is 6.20 Å². The minimum Gasteiger partial charge on any atom is -0.228 e. The highest BCUT2D eigenvalue weighted by Crippen LogP contribution is 2.08. The van der Waals surface area contributed by atoms with Gasteiger partial charge in [0.05, 0.1) is 0 Å². The molecule has 0 aliphatic carbocycles. The van der Waals surface area contributed by atoms with Gasteiger partial charge in [0.15, 0.2) is 0 Å². The zero-order valence-electron chi connectivity index (χ0n) is 7.68. The first-order chi connectivity index (χ1) is 6.74. The lowest BCUT2D eigenvalue weighted by molar-refractivity contribution is 0.580. The van der Waals surface area contributed by atoms with E-state index in [-0.39, 0.29) is 6.54 Å². The molecular formula is C9H9FN4. The Labute approximate surface area is 80.7 Å². The lowest BCUT2D eigenvalue weighted by Gasteiger charge is -1.96. The van der Waals surface area contributed by atoms with Gasteiger partial charge in [-0.05, 0) is 24.1 Å². The minimum atomic E-state index is -0.521. The summed E-state index contributed by atoms with van der Waals surface area (Å²) in [5.41, 5.74) is 9.29. The van der Waals surface area contributed by atoms with E-state index < -0.39 is 5.95 Å². The molecule has 0 bridgehead atoms. The molecule has 0 aromatic carbocycles. The van der Waals surface area contributed by atoms with Crippen molar-refractivity contribution in [1.29, 1.82) is 0 Å². The Kier molecular flexibility index (Phi) is 3.64. The Balaban J connectivity index is 2.79. The first kappa shape index (κ1) is 10.2. The number of azide groups is 1. The SMILES string of the molecule is Cc1cnc(F)c(C=CCN=[N+]=[N-])c1. The molecule has 0 saturated carbocycles. The van der Waals surface area contributed by atoms with E-state index in [1.54, 1.807) is 18.2 Å². The first-order valence-electron chi connectivity index (χ1n) is 4.03. The van der Waals surface area contributed by atoms with Crippen molar-refractivity contribution in [2.24, 2.45) is 5.11 Å². The first-order valence-corrected chi connectivity index (χ1v) is 4.03. The largest absolute Gasteiger partial charge is 0.228 e.